The van der Waals surface area contributed by atoms with E-state index in [0.29, 0.717) is 11.6 Å². The van der Waals surface area contributed by atoms with Gasteiger partial charge in [-0.1, -0.05) is 56.3 Å². The number of nitrogens with zero attached hydrogens (tertiary/aromatic N) is 2. The highest BCUT2D eigenvalue weighted by Gasteiger charge is 2.17. The van der Waals surface area contributed by atoms with Crippen LogP contribution in [0.2, 0.25) is 0 Å². The van der Waals surface area contributed by atoms with Gasteiger partial charge in [0.1, 0.15) is 5.58 Å². The molecule has 162 valence electrons. The lowest BCUT2D eigenvalue weighted by Crippen LogP contribution is -1.95. The lowest BCUT2D eigenvalue weighted by Gasteiger charge is -2.14. The molecular formula is C29H30N2O. The smallest absolute Gasteiger partial charge is 0.227 e. The molecule has 2 heterocycles. The van der Waals surface area contributed by atoms with Crippen molar-refractivity contribution in [1.29, 1.82) is 0 Å². The van der Waals surface area contributed by atoms with Gasteiger partial charge in [0.15, 0.2) is 0 Å². The van der Waals surface area contributed by atoms with Crippen molar-refractivity contribution in [2.45, 2.75) is 34.1 Å². The van der Waals surface area contributed by atoms with Gasteiger partial charge in [-0.3, -0.25) is 4.99 Å². The fourth-order valence-electron chi connectivity index (χ4n) is 4.33. The maximum absolute atomic E-state index is 6.26. The molecule has 3 nitrogen and oxygen atoms in total. The Morgan fingerprint density at radius 3 is 2.56 bits per heavy atom. The van der Waals surface area contributed by atoms with Gasteiger partial charge in [0, 0.05) is 35.8 Å². The lowest BCUT2D eigenvalue weighted by molar-refractivity contribution is 0.647. The zero-order valence-corrected chi connectivity index (χ0v) is 19.5. The highest BCUT2D eigenvalue weighted by Crippen LogP contribution is 2.38. The number of rotatable bonds is 6. The monoisotopic (exact) mass is 422 g/mol. The summed E-state index contributed by atoms with van der Waals surface area (Å²) >= 11 is 0. The van der Waals surface area contributed by atoms with Crippen LogP contribution < -0.4 is 0 Å². The number of allylic oxidation sites excluding steroid dienone is 4. The van der Waals surface area contributed by atoms with Gasteiger partial charge in [-0.05, 0) is 72.2 Å². The Balaban J connectivity index is 1.93. The third-order valence-corrected chi connectivity index (χ3v) is 5.81. The molecule has 2 aromatic heterocycles. The van der Waals surface area contributed by atoms with Gasteiger partial charge in [0.25, 0.3) is 0 Å². The van der Waals surface area contributed by atoms with Gasteiger partial charge in [-0.2, -0.15) is 0 Å². The number of aliphatic imine (C=N–C) groups is 1. The molecule has 0 aliphatic heterocycles. The Morgan fingerprint density at radius 2 is 1.84 bits per heavy atom. The number of benzene rings is 2. The molecule has 0 unspecified atom stereocenters. The minimum atomic E-state index is 0.639. The molecule has 0 fully saturated rings. The zero-order chi connectivity index (χ0) is 22.7. The van der Waals surface area contributed by atoms with Gasteiger partial charge in [-0.15, -0.1) is 0 Å². The fourth-order valence-corrected chi connectivity index (χ4v) is 4.33. The van der Waals surface area contributed by atoms with Crippen molar-refractivity contribution in [2.75, 3.05) is 7.05 Å². The van der Waals surface area contributed by atoms with E-state index >= 15 is 0 Å². The van der Waals surface area contributed by atoms with E-state index in [1.165, 1.54) is 22.3 Å². The van der Waals surface area contributed by atoms with Crippen LogP contribution in [0.5, 0.6) is 0 Å². The van der Waals surface area contributed by atoms with E-state index in [0.717, 1.165) is 33.9 Å². The van der Waals surface area contributed by atoms with Crippen LogP contribution >= 0.6 is 0 Å². The molecule has 0 amide bonds. The number of hydrogen-bond acceptors (Lipinski definition) is 3. The lowest BCUT2D eigenvalue weighted by atomic mass is 9.90. The molecule has 3 heteroatoms. The third-order valence-electron chi connectivity index (χ3n) is 5.81. The van der Waals surface area contributed by atoms with E-state index < -0.39 is 0 Å². The van der Waals surface area contributed by atoms with Gasteiger partial charge in [0.2, 0.25) is 5.71 Å². The molecule has 4 aromatic rings. The minimum Gasteiger partial charge on any atom is -0.437 e. The van der Waals surface area contributed by atoms with Gasteiger partial charge >= 0.3 is 0 Å². The van der Waals surface area contributed by atoms with Crippen LogP contribution in [0.15, 0.2) is 76.3 Å². The number of aromatic nitrogens is 1. The summed E-state index contributed by atoms with van der Waals surface area (Å²) in [4.78, 5) is 8.55. The number of pyridine rings is 1. The van der Waals surface area contributed by atoms with Crippen LogP contribution in [-0.2, 0) is 6.42 Å². The number of fused-ring (bicyclic) bond motifs is 3. The van der Waals surface area contributed by atoms with E-state index in [2.05, 4.69) is 86.2 Å². The quantitative estimate of drug-likeness (QED) is 0.182. The average Bonchev–Trinajstić information content (AvgIpc) is 3.15. The maximum Gasteiger partial charge on any atom is 0.227 e. The molecule has 2 aromatic carbocycles. The second kappa shape index (κ2) is 9.35. The molecule has 0 spiro atoms. The third kappa shape index (κ3) is 4.29. The Kier molecular flexibility index (Phi) is 6.36. The standard InChI is InChI=1S/C29H30N2O/c1-19(2)18-22-11-13-23(14-12-22)24(8-6-16-30-5)21(4)27-20(3)10-15-25-26-9-7-17-31-29(26)32-28(25)27/h6-17,19H,18H2,1-5H3/b8-6-,24-21-,30-16+. The average molecular weight is 423 g/mol. The Bertz CT molecular complexity index is 1340. The number of hydrogen-bond donors (Lipinski definition) is 0. The molecule has 0 radical (unpaired) electrons. The molecule has 0 aliphatic carbocycles. The summed E-state index contributed by atoms with van der Waals surface area (Å²) in [5.74, 6) is 0.639. The highest BCUT2D eigenvalue weighted by molar-refractivity contribution is 6.10. The van der Waals surface area contributed by atoms with Crippen molar-refractivity contribution in [3.05, 3.63) is 89.1 Å². The second-order valence-corrected chi connectivity index (χ2v) is 8.69. The molecule has 4 rings (SSSR count). The van der Waals surface area contributed by atoms with Crippen molar-refractivity contribution in [3.8, 4) is 0 Å². The van der Waals surface area contributed by atoms with Gasteiger partial charge < -0.3 is 4.42 Å². The first-order valence-corrected chi connectivity index (χ1v) is 11.2. The van der Waals surface area contributed by atoms with Crippen LogP contribution in [0.3, 0.4) is 0 Å². The van der Waals surface area contributed by atoms with E-state index in [1.807, 2.05) is 18.4 Å². The normalized spacial score (nSPS) is 13.2. The SMILES string of the molecule is C/N=C/C=C\C(=C(/C)c1c(C)ccc2c1oc1ncccc12)c1ccc(CC(C)C)cc1. The highest BCUT2D eigenvalue weighted by atomic mass is 16.3. The van der Waals surface area contributed by atoms with Crippen LogP contribution in [-0.4, -0.2) is 18.2 Å². The Labute approximate surface area is 190 Å². The predicted octanol–water partition coefficient (Wildman–Crippen LogP) is 7.68. The summed E-state index contributed by atoms with van der Waals surface area (Å²) in [6.07, 6.45) is 8.81. The topological polar surface area (TPSA) is 38.4 Å². The first kappa shape index (κ1) is 21.8. The summed E-state index contributed by atoms with van der Waals surface area (Å²) in [6, 6.07) is 17.2. The van der Waals surface area contributed by atoms with Crippen molar-refractivity contribution >= 4 is 39.4 Å². The molecule has 32 heavy (non-hydrogen) atoms. The molecule has 0 aliphatic rings. The zero-order valence-electron chi connectivity index (χ0n) is 19.5. The van der Waals surface area contributed by atoms with E-state index in [4.69, 9.17) is 4.42 Å². The van der Waals surface area contributed by atoms with E-state index in [1.54, 1.807) is 13.2 Å². The molecule has 0 N–H and O–H groups in total. The Morgan fingerprint density at radius 1 is 1.06 bits per heavy atom. The second-order valence-electron chi connectivity index (χ2n) is 8.69. The summed E-state index contributed by atoms with van der Waals surface area (Å²) in [5.41, 5.74) is 8.75. The summed E-state index contributed by atoms with van der Waals surface area (Å²) in [5, 5.41) is 2.14. The number of aryl methyl sites for hydroxylation is 1. The van der Waals surface area contributed by atoms with Crippen molar-refractivity contribution in [2.24, 2.45) is 10.9 Å². The van der Waals surface area contributed by atoms with Crippen molar-refractivity contribution < 1.29 is 4.42 Å². The number of furan rings is 1. The van der Waals surface area contributed by atoms with Crippen molar-refractivity contribution in [3.63, 3.8) is 0 Å². The Hall–Kier alpha value is -3.46. The van der Waals surface area contributed by atoms with Gasteiger partial charge in [-0.25, -0.2) is 4.98 Å². The molecule has 0 saturated heterocycles. The largest absolute Gasteiger partial charge is 0.437 e. The first-order valence-electron chi connectivity index (χ1n) is 11.2. The van der Waals surface area contributed by atoms with Crippen LogP contribution in [0.25, 0.3) is 33.2 Å². The fraction of sp³-hybridized carbons (Fsp3) is 0.241. The maximum atomic E-state index is 6.26. The molecular weight excluding hydrogens is 392 g/mol. The van der Waals surface area contributed by atoms with E-state index in [9.17, 15) is 0 Å². The molecule has 0 atom stereocenters. The van der Waals surface area contributed by atoms with Crippen LogP contribution in [0.4, 0.5) is 0 Å². The molecule has 0 saturated carbocycles. The summed E-state index contributed by atoms with van der Waals surface area (Å²) in [6.45, 7) is 8.82. The molecule has 0 bridgehead atoms. The minimum absolute atomic E-state index is 0.639. The summed E-state index contributed by atoms with van der Waals surface area (Å²) < 4.78 is 6.26. The van der Waals surface area contributed by atoms with Gasteiger partial charge in [0.05, 0.1) is 0 Å². The first-order chi connectivity index (χ1) is 15.5. The summed E-state index contributed by atoms with van der Waals surface area (Å²) in [7, 11) is 1.79. The predicted molar refractivity (Wildman–Crippen MR) is 137 cm³/mol. The van der Waals surface area contributed by atoms with Crippen LogP contribution in [0.1, 0.15) is 43.0 Å². The van der Waals surface area contributed by atoms with E-state index in [-0.39, 0.29) is 0 Å². The van der Waals surface area contributed by atoms with Crippen molar-refractivity contribution in [1.82, 2.24) is 4.98 Å². The van der Waals surface area contributed by atoms with Crippen LogP contribution in [0, 0.1) is 12.8 Å².